The van der Waals surface area contributed by atoms with Crippen molar-refractivity contribution >= 4 is 10.0 Å². The molecule has 0 spiro atoms. The minimum Gasteiger partial charge on any atom is -0.395 e. The summed E-state index contributed by atoms with van der Waals surface area (Å²) in [4.78, 5) is 0. The van der Waals surface area contributed by atoms with Crippen LogP contribution in [0.3, 0.4) is 0 Å². The molecular formula is C7H15F2NO3S. The van der Waals surface area contributed by atoms with E-state index >= 15 is 0 Å². The van der Waals surface area contributed by atoms with Crippen LogP contribution in [-0.2, 0) is 10.0 Å². The van der Waals surface area contributed by atoms with E-state index in [1.807, 2.05) is 0 Å². The van der Waals surface area contributed by atoms with Crippen LogP contribution in [0.4, 0.5) is 8.78 Å². The Kier molecular flexibility index (Phi) is 6.14. The van der Waals surface area contributed by atoms with Crippen LogP contribution >= 0.6 is 0 Å². The lowest BCUT2D eigenvalue weighted by atomic mass is 10.6. The van der Waals surface area contributed by atoms with Crippen molar-refractivity contribution in [3.05, 3.63) is 0 Å². The maximum Gasteiger partial charge on any atom is 0.252 e. The summed E-state index contributed by atoms with van der Waals surface area (Å²) in [7, 11) is -3.64. The van der Waals surface area contributed by atoms with Gasteiger partial charge in [-0.25, -0.2) is 17.2 Å². The normalized spacial score (nSPS) is 12.7. The Morgan fingerprint density at radius 3 is 2.36 bits per heavy atom. The third-order valence-electron chi connectivity index (χ3n) is 1.55. The van der Waals surface area contributed by atoms with Crippen molar-refractivity contribution in [2.75, 3.05) is 25.4 Å². The van der Waals surface area contributed by atoms with E-state index in [9.17, 15) is 17.2 Å². The monoisotopic (exact) mass is 231 g/mol. The number of alkyl halides is 2. The lowest BCUT2D eigenvalue weighted by Crippen LogP contribution is -2.38. The third-order valence-corrected chi connectivity index (χ3v) is 3.59. The van der Waals surface area contributed by atoms with Gasteiger partial charge < -0.3 is 5.11 Å². The van der Waals surface area contributed by atoms with Gasteiger partial charge in [-0.1, -0.05) is 6.92 Å². The van der Waals surface area contributed by atoms with Crippen LogP contribution in [0.1, 0.15) is 13.3 Å². The van der Waals surface area contributed by atoms with Crippen molar-refractivity contribution < 1.29 is 22.3 Å². The second kappa shape index (κ2) is 6.26. The highest BCUT2D eigenvalue weighted by Crippen LogP contribution is 2.06. The second-order valence-corrected chi connectivity index (χ2v) is 4.88. The number of halogens is 2. The number of rotatable bonds is 7. The Bertz CT molecular complexity index is 243. The van der Waals surface area contributed by atoms with E-state index in [4.69, 9.17) is 5.11 Å². The smallest absolute Gasteiger partial charge is 0.252 e. The largest absolute Gasteiger partial charge is 0.395 e. The molecule has 0 fully saturated rings. The molecule has 0 aromatic rings. The van der Waals surface area contributed by atoms with Gasteiger partial charge in [0.2, 0.25) is 10.0 Å². The van der Waals surface area contributed by atoms with Gasteiger partial charge in [0.15, 0.2) is 0 Å². The van der Waals surface area contributed by atoms with E-state index in [0.717, 1.165) is 0 Å². The van der Waals surface area contributed by atoms with Gasteiger partial charge in [0.05, 0.1) is 18.9 Å². The number of sulfonamides is 1. The Balaban J connectivity index is 4.46. The lowest BCUT2D eigenvalue weighted by Gasteiger charge is -2.20. The molecule has 0 bridgehead atoms. The van der Waals surface area contributed by atoms with Crippen LogP contribution in [0.15, 0.2) is 0 Å². The average molecular weight is 231 g/mol. The molecule has 4 nitrogen and oxygen atoms in total. The summed E-state index contributed by atoms with van der Waals surface area (Å²) in [5, 5.41) is 8.53. The van der Waals surface area contributed by atoms with E-state index in [1.54, 1.807) is 6.92 Å². The van der Waals surface area contributed by atoms with Gasteiger partial charge in [-0.05, 0) is 6.42 Å². The van der Waals surface area contributed by atoms with Crippen molar-refractivity contribution in [1.29, 1.82) is 0 Å². The molecule has 0 aliphatic heterocycles. The molecule has 0 amide bonds. The van der Waals surface area contributed by atoms with Crippen molar-refractivity contribution in [3.63, 3.8) is 0 Å². The maximum atomic E-state index is 12.0. The Morgan fingerprint density at radius 2 is 2.00 bits per heavy atom. The van der Waals surface area contributed by atoms with Crippen molar-refractivity contribution in [2.24, 2.45) is 0 Å². The predicted octanol–water partition coefficient (Wildman–Crippen LogP) is 0.286. The highest BCUT2D eigenvalue weighted by Gasteiger charge is 2.23. The zero-order valence-corrected chi connectivity index (χ0v) is 8.80. The first kappa shape index (κ1) is 13.7. The predicted molar refractivity (Wildman–Crippen MR) is 48.7 cm³/mol. The first-order valence-electron chi connectivity index (χ1n) is 4.31. The molecule has 0 aromatic carbocycles. The summed E-state index contributed by atoms with van der Waals surface area (Å²) in [6.07, 6.45) is -2.35. The lowest BCUT2D eigenvalue weighted by molar-refractivity contribution is 0.113. The number of aliphatic hydroxyl groups is 1. The fourth-order valence-corrected chi connectivity index (χ4v) is 2.47. The molecule has 0 atom stereocenters. The standard InChI is InChI=1S/C7H15F2NO3S/c1-2-5-14(12,13)10(3-4-11)6-7(8)9/h7,11H,2-6H2,1H3. The molecule has 0 unspecified atom stereocenters. The molecule has 1 N–H and O–H groups in total. The molecule has 0 rings (SSSR count). The van der Waals surface area contributed by atoms with Crippen LogP contribution in [0.2, 0.25) is 0 Å². The van der Waals surface area contributed by atoms with Gasteiger partial charge in [0.1, 0.15) is 0 Å². The van der Waals surface area contributed by atoms with Gasteiger partial charge in [0.25, 0.3) is 6.43 Å². The first-order chi connectivity index (χ1) is 6.44. The maximum absolute atomic E-state index is 12.0. The minimum absolute atomic E-state index is 0.167. The van der Waals surface area contributed by atoms with Gasteiger partial charge in [0, 0.05) is 6.54 Å². The van der Waals surface area contributed by atoms with Crippen molar-refractivity contribution in [1.82, 2.24) is 4.31 Å². The Labute approximate surface area is 82.6 Å². The molecule has 14 heavy (non-hydrogen) atoms. The zero-order valence-electron chi connectivity index (χ0n) is 7.99. The number of nitrogens with zero attached hydrogens (tertiary/aromatic N) is 1. The number of hydrogen-bond donors (Lipinski definition) is 1. The highest BCUT2D eigenvalue weighted by molar-refractivity contribution is 7.89. The zero-order chi connectivity index (χ0) is 11.2. The topological polar surface area (TPSA) is 57.6 Å². The number of aliphatic hydroxyl groups excluding tert-OH is 1. The molecule has 0 aromatic heterocycles. The van der Waals surface area contributed by atoms with Gasteiger partial charge in [-0.2, -0.15) is 4.31 Å². The summed E-state index contributed by atoms with van der Waals surface area (Å²) in [6.45, 7) is 0.0856. The summed E-state index contributed by atoms with van der Waals surface area (Å²) in [5.41, 5.74) is 0. The van der Waals surface area contributed by atoms with Crippen LogP contribution in [0.5, 0.6) is 0 Å². The molecule has 86 valence electrons. The van der Waals surface area contributed by atoms with Gasteiger partial charge in [-0.3, -0.25) is 0 Å². The molecule has 0 radical (unpaired) electrons. The van der Waals surface area contributed by atoms with E-state index in [2.05, 4.69) is 0 Å². The van der Waals surface area contributed by atoms with Gasteiger partial charge in [-0.15, -0.1) is 0 Å². The number of hydrogen-bond acceptors (Lipinski definition) is 3. The van der Waals surface area contributed by atoms with E-state index < -0.39 is 29.6 Å². The van der Waals surface area contributed by atoms with Crippen LogP contribution < -0.4 is 0 Å². The second-order valence-electron chi connectivity index (χ2n) is 2.79. The van der Waals surface area contributed by atoms with Gasteiger partial charge >= 0.3 is 0 Å². The van der Waals surface area contributed by atoms with Crippen molar-refractivity contribution in [2.45, 2.75) is 19.8 Å². The summed E-state index contributed by atoms with van der Waals surface area (Å²) < 4.78 is 47.3. The molecule has 7 heteroatoms. The molecule has 0 aliphatic carbocycles. The summed E-state index contributed by atoms with van der Waals surface area (Å²) in [6, 6.07) is 0. The summed E-state index contributed by atoms with van der Waals surface area (Å²) >= 11 is 0. The van der Waals surface area contributed by atoms with Crippen LogP contribution in [0.25, 0.3) is 0 Å². The third kappa shape index (κ3) is 4.83. The average Bonchev–Trinajstić information content (AvgIpc) is 2.02. The molecule has 0 saturated heterocycles. The van der Waals surface area contributed by atoms with Crippen LogP contribution in [0, 0.1) is 0 Å². The minimum atomic E-state index is -3.64. The fraction of sp³-hybridized carbons (Fsp3) is 1.00. The molecule has 0 aliphatic rings. The SMILES string of the molecule is CCCS(=O)(=O)N(CCO)CC(F)F. The quantitative estimate of drug-likeness (QED) is 0.685. The van der Waals surface area contributed by atoms with Crippen LogP contribution in [-0.4, -0.2) is 49.7 Å². The summed E-state index contributed by atoms with van der Waals surface area (Å²) in [5.74, 6) is -0.167. The van der Waals surface area contributed by atoms with E-state index in [1.165, 1.54) is 0 Å². The van der Waals surface area contributed by atoms with E-state index in [0.29, 0.717) is 10.7 Å². The molecule has 0 heterocycles. The highest BCUT2D eigenvalue weighted by atomic mass is 32.2. The van der Waals surface area contributed by atoms with Crippen molar-refractivity contribution in [3.8, 4) is 0 Å². The first-order valence-corrected chi connectivity index (χ1v) is 5.91. The van der Waals surface area contributed by atoms with E-state index in [-0.39, 0.29) is 12.3 Å². The molecular weight excluding hydrogens is 216 g/mol. The Morgan fingerprint density at radius 1 is 1.43 bits per heavy atom. The Hall–Kier alpha value is -0.270. The molecule has 0 saturated carbocycles. The fourth-order valence-electron chi connectivity index (χ4n) is 0.996.